The number of methoxy groups -OCH3 is 1. The van der Waals surface area contributed by atoms with Crippen LogP contribution in [0, 0.1) is 5.82 Å². The van der Waals surface area contributed by atoms with E-state index in [9.17, 15) is 9.18 Å². The third kappa shape index (κ3) is 4.82. The van der Waals surface area contributed by atoms with Gasteiger partial charge in [-0.3, -0.25) is 9.78 Å². The van der Waals surface area contributed by atoms with Crippen molar-refractivity contribution in [2.24, 2.45) is 0 Å². The molecule has 0 aliphatic carbocycles. The van der Waals surface area contributed by atoms with Crippen LogP contribution in [0.25, 0.3) is 5.69 Å². The number of nitrogens with zero attached hydrogens (tertiary/aromatic N) is 3. The van der Waals surface area contributed by atoms with E-state index in [1.807, 2.05) is 58.1 Å². The Morgan fingerprint density at radius 3 is 2.68 bits per heavy atom. The number of rotatable bonds is 7. The zero-order valence-corrected chi connectivity index (χ0v) is 22.3. The van der Waals surface area contributed by atoms with E-state index in [0.717, 1.165) is 17.1 Å². The summed E-state index contributed by atoms with van der Waals surface area (Å²) in [7, 11) is 1.55. The van der Waals surface area contributed by atoms with Gasteiger partial charge in [0.25, 0.3) is 0 Å². The lowest BCUT2D eigenvalue weighted by atomic mass is 10.0. The van der Waals surface area contributed by atoms with Crippen molar-refractivity contribution in [3.63, 3.8) is 0 Å². The highest BCUT2D eigenvalue weighted by atomic mass is 35.5. The van der Waals surface area contributed by atoms with Crippen LogP contribution in [-0.2, 0) is 4.79 Å². The van der Waals surface area contributed by atoms with Crippen molar-refractivity contribution in [3.05, 3.63) is 101 Å². The van der Waals surface area contributed by atoms with Crippen molar-refractivity contribution >= 4 is 46.2 Å². The van der Waals surface area contributed by atoms with Crippen LogP contribution < -0.4 is 20.3 Å². The third-order valence-electron chi connectivity index (χ3n) is 6.42. The Hall–Kier alpha value is -3.95. The summed E-state index contributed by atoms with van der Waals surface area (Å²) in [5, 5.41) is 6.84. The molecular weight excluding hydrogens is 525 g/mol. The summed E-state index contributed by atoms with van der Waals surface area (Å²) >= 11 is 12.0. The quantitative estimate of drug-likeness (QED) is 0.267. The van der Waals surface area contributed by atoms with Crippen LogP contribution in [0.3, 0.4) is 0 Å². The first-order chi connectivity index (χ1) is 18.4. The van der Waals surface area contributed by atoms with Crippen molar-refractivity contribution < 1.29 is 13.9 Å². The van der Waals surface area contributed by atoms with Crippen molar-refractivity contribution in [3.8, 4) is 11.4 Å². The molecule has 1 amide bonds. The molecule has 1 saturated heterocycles. The second kappa shape index (κ2) is 10.8. The van der Waals surface area contributed by atoms with Crippen LogP contribution in [0.4, 0.5) is 15.8 Å². The van der Waals surface area contributed by atoms with Gasteiger partial charge in [-0.25, -0.2) is 4.39 Å². The molecule has 5 rings (SSSR count). The number of benzene rings is 2. The fourth-order valence-corrected chi connectivity index (χ4v) is 5.13. The second-order valence-electron chi connectivity index (χ2n) is 8.68. The van der Waals surface area contributed by atoms with Gasteiger partial charge < -0.3 is 24.8 Å². The van der Waals surface area contributed by atoms with E-state index >= 15 is 0 Å². The largest absolute Gasteiger partial charge is 0.494 e. The van der Waals surface area contributed by atoms with Gasteiger partial charge in [0.15, 0.2) is 5.11 Å². The summed E-state index contributed by atoms with van der Waals surface area (Å²) < 4.78 is 21.5. The fraction of sp³-hybridized carbons (Fsp3) is 0.179. The van der Waals surface area contributed by atoms with E-state index in [1.165, 1.54) is 6.07 Å². The number of halogens is 2. The van der Waals surface area contributed by atoms with Crippen LogP contribution in [0.2, 0.25) is 5.02 Å². The van der Waals surface area contributed by atoms with E-state index in [0.29, 0.717) is 28.7 Å². The van der Waals surface area contributed by atoms with E-state index in [-0.39, 0.29) is 23.0 Å². The average molecular weight is 550 g/mol. The van der Waals surface area contributed by atoms with Crippen molar-refractivity contribution in [1.82, 2.24) is 14.9 Å². The first-order valence-corrected chi connectivity index (χ1v) is 12.8. The lowest BCUT2D eigenvalue weighted by Gasteiger charge is -2.29. The van der Waals surface area contributed by atoms with E-state index in [4.69, 9.17) is 28.6 Å². The molecule has 0 saturated carbocycles. The molecule has 0 radical (unpaired) electrons. The molecule has 2 N–H and O–H groups in total. The number of amides is 1. The summed E-state index contributed by atoms with van der Waals surface area (Å²) in [5.74, 6) is -0.0886. The fourth-order valence-electron chi connectivity index (χ4n) is 4.61. The van der Waals surface area contributed by atoms with E-state index in [1.54, 1.807) is 38.4 Å². The monoisotopic (exact) mass is 549 g/mol. The summed E-state index contributed by atoms with van der Waals surface area (Å²) in [5.41, 5.74) is 3.75. The Balaban J connectivity index is 1.63. The molecule has 1 aliphatic heterocycles. The van der Waals surface area contributed by atoms with E-state index in [2.05, 4.69) is 15.6 Å². The Labute approximate surface area is 230 Å². The topological polar surface area (TPSA) is 71.4 Å². The molecule has 0 bridgehead atoms. The summed E-state index contributed by atoms with van der Waals surface area (Å²) in [6, 6.07) is 19.2. The number of nitrogens with one attached hydrogen (secondary N) is 2. The predicted octanol–water partition coefficient (Wildman–Crippen LogP) is 6.20. The summed E-state index contributed by atoms with van der Waals surface area (Å²) in [6.07, 6.45) is 3.99. The molecule has 3 heterocycles. The zero-order valence-electron chi connectivity index (χ0n) is 20.7. The van der Waals surface area contributed by atoms with Gasteiger partial charge in [-0.1, -0.05) is 24.6 Å². The second-order valence-corrected chi connectivity index (χ2v) is 9.48. The number of ether oxygens (including phenoxy) is 1. The average Bonchev–Trinajstić information content (AvgIpc) is 3.55. The minimum Gasteiger partial charge on any atom is -0.494 e. The highest BCUT2D eigenvalue weighted by molar-refractivity contribution is 7.80. The zero-order chi connectivity index (χ0) is 26.8. The first-order valence-electron chi connectivity index (χ1n) is 12.0. The number of hydrogen-bond acceptors (Lipinski definition) is 4. The number of pyridine rings is 1. The minimum absolute atomic E-state index is 0.0369. The summed E-state index contributed by atoms with van der Waals surface area (Å²) in [6.45, 7) is 1.79. The number of carbonyl (C=O) groups excluding carboxylic acids is 1. The van der Waals surface area contributed by atoms with Crippen LogP contribution in [-0.4, -0.2) is 27.7 Å². The number of hydrogen-bond donors (Lipinski definition) is 2. The Kier molecular flexibility index (Phi) is 7.31. The standard InChI is InChI=1S/C28H25ClFN5O2S/c1-3-25(36)32-21-12-10-18(16-24(21)37-2)35-27(26(33-28(35)38)22-7-4-5-13-31-22)23-8-6-14-34(23)17-9-11-20(30)19(29)15-17/h4-16,26-27H,3H2,1-2H3,(H,32,36)(H,33,38)/t26-,27-/m0/s1. The Bertz CT molecular complexity index is 1500. The summed E-state index contributed by atoms with van der Waals surface area (Å²) in [4.78, 5) is 18.6. The highest BCUT2D eigenvalue weighted by Gasteiger charge is 2.42. The van der Waals surface area contributed by atoms with Gasteiger partial charge >= 0.3 is 0 Å². The van der Waals surface area contributed by atoms with Crippen molar-refractivity contribution in [2.45, 2.75) is 25.4 Å². The molecular formula is C28H25ClFN5O2S. The smallest absolute Gasteiger partial charge is 0.224 e. The predicted molar refractivity (Wildman–Crippen MR) is 151 cm³/mol. The van der Waals surface area contributed by atoms with Gasteiger partial charge in [0.05, 0.1) is 29.6 Å². The number of thiocarbonyl (C=S) groups is 1. The molecule has 194 valence electrons. The molecule has 1 aliphatic rings. The first kappa shape index (κ1) is 25.7. The molecule has 1 fully saturated rings. The number of aromatic nitrogens is 2. The lowest BCUT2D eigenvalue weighted by molar-refractivity contribution is -0.115. The maximum Gasteiger partial charge on any atom is 0.224 e. The van der Waals surface area contributed by atoms with Crippen LogP contribution in [0.15, 0.2) is 79.1 Å². The number of anilines is 2. The molecule has 7 nitrogen and oxygen atoms in total. The Morgan fingerprint density at radius 2 is 1.97 bits per heavy atom. The molecule has 2 atom stereocenters. The van der Waals surface area contributed by atoms with Gasteiger partial charge in [-0.2, -0.15) is 0 Å². The SMILES string of the molecule is CCC(=O)Nc1ccc(N2C(=S)N[C@@H](c3ccccn3)[C@@H]2c2cccn2-c2ccc(F)c(Cl)c2)cc1OC. The highest BCUT2D eigenvalue weighted by Crippen LogP contribution is 2.44. The number of carbonyl (C=O) groups is 1. The minimum atomic E-state index is -0.483. The van der Waals surface area contributed by atoms with Gasteiger partial charge in [-0.15, -0.1) is 0 Å². The molecule has 0 unspecified atom stereocenters. The maximum atomic E-state index is 13.9. The Morgan fingerprint density at radius 1 is 1.16 bits per heavy atom. The van der Waals surface area contributed by atoms with Crippen molar-refractivity contribution in [2.75, 3.05) is 17.3 Å². The van der Waals surface area contributed by atoms with Crippen LogP contribution in [0.5, 0.6) is 5.75 Å². The van der Waals surface area contributed by atoms with Crippen LogP contribution in [0.1, 0.15) is 36.8 Å². The molecule has 2 aromatic heterocycles. The molecule has 4 aromatic rings. The normalized spacial score (nSPS) is 16.8. The van der Waals surface area contributed by atoms with Gasteiger partial charge in [-0.05, 0) is 66.8 Å². The molecule has 38 heavy (non-hydrogen) atoms. The van der Waals surface area contributed by atoms with Gasteiger partial charge in [0.1, 0.15) is 17.6 Å². The van der Waals surface area contributed by atoms with Gasteiger partial charge in [0.2, 0.25) is 5.91 Å². The lowest BCUT2D eigenvalue weighted by Crippen LogP contribution is -2.30. The molecule has 10 heteroatoms. The molecule has 0 spiro atoms. The van der Waals surface area contributed by atoms with E-state index < -0.39 is 5.82 Å². The van der Waals surface area contributed by atoms with Gasteiger partial charge in [0, 0.05) is 41.9 Å². The maximum absolute atomic E-state index is 13.9. The molecule has 2 aromatic carbocycles. The third-order valence-corrected chi connectivity index (χ3v) is 7.03. The van der Waals surface area contributed by atoms with Crippen molar-refractivity contribution in [1.29, 1.82) is 0 Å². The van der Waals surface area contributed by atoms with Crippen LogP contribution >= 0.6 is 23.8 Å².